The molecule has 2 N–H and O–H groups in total. The van der Waals surface area contributed by atoms with Crippen LogP contribution in [0.1, 0.15) is 11.3 Å². The van der Waals surface area contributed by atoms with Crippen LogP contribution in [0.5, 0.6) is 17.2 Å². The van der Waals surface area contributed by atoms with Gasteiger partial charge < -0.3 is 24.8 Å². The fourth-order valence-corrected chi connectivity index (χ4v) is 2.45. The van der Waals surface area contributed by atoms with E-state index >= 15 is 0 Å². The summed E-state index contributed by atoms with van der Waals surface area (Å²) in [6.07, 6.45) is 1.48. The molecular formula is C18H24N4O5. The average Bonchev–Trinajstić information content (AvgIpc) is 2.67. The Morgan fingerprint density at radius 1 is 1.11 bits per heavy atom. The summed E-state index contributed by atoms with van der Waals surface area (Å²) in [5.74, 6) is 1.30. The van der Waals surface area contributed by atoms with Crippen LogP contribution in [-0.4, -0.2) is 43.5 Å². The molecule has 9 heteroatoms. The first-order valence-corrected chi connectivity index (χ1v) is 8.28. The van der Waals surface area contributed by atoms with E-state index < -0.39 is 6.03 Å². The van der Waals surface area contributed by atoms with E-state index in [-0.39, 0.29) is 12.1 Å². The van der Waals surface area contributed by atoms with Crippen molar-refractivity contribution in [1.82, 2.24) is 14.9 Å². The van der Waals surface area contributed by atoms with Crippen LogP contribution in [0.3, 0.4) is 0 Å². The van der Waals surface area contributed by atoms with Crippen LogP contribution in [0.15, 0.2) is 23.3 Å². The Morgan fingerprint density at radius 2 is 1.74 bits per heavy atom. The van der Waals surface area contributed by atoms with Gasteiger partial charge in [-0.05, 0) is 13.8 Å². The minimum Gasteiger partial charge on any atom is -0.493 e. The molecule has 0 atom stereocenters. The van der Waals surface area contributed by atoms with Gasteiger partial charge in [-0.2, -0.15) is 0 Å². The molecular weight excluding hydrogens is 352 g/mol. The minimum absolute atomic E-state index is 0.116. The highest BCUT2D eigenvalue weighted by Crippen LogP contribution is 2.39. The summed E-state index contributed by atoms with van der Waals surface area (Å²) in [6, 6.07) is 2.83. The third kappa shape index (κ3) is 4.69. The fraction of sp³-hybridized carbons (Fsp3) is 0.389. The maximum absolute atomic E-state index is 12.1. The van der Waals surface area contributed by atoms with Gasteiger partial charge in [0.1, 0.15) is 0 Å². The van der Waals surface area contributed by atoms with Gasteiger partial charge in [0.25, 0.3) is 5.56 Å². The summed E-state index contributed by atoms with van der Waals surface area (Å²) in [7, 11) is 4.50. The second kappa shape index (κ2) is 8.93. The maximum atomic E-state index is 12.1. The summed E-state index contributed by atoms with van der Waals surface area (Å²) in [6.45, 7) is 4.09. The molecule has 0 aliphatic carbocycles. The van der Waals surface area contributed by atoms with Gasteiger partial charge in [-0.1, -0.05) is 0 Å². The molecule has 1 heterocycles. The number of carbonyl (C=O) groups is 1. The first-order valence-electron chi connectivity index (χ1n) is 8.28. The number of benzene rings is 1. The van der Waals surface area contributed by atoms with E-state index in [1.54, 1.807) is 26.0 Å². The Kier molecular flexibility index (Phi) is 6.64. The largest absolute Gasteiger partial charge is 0.493 e. The second-order valence-corrected chi connectivity index (χ2v) is 5.75. The topological polar surface area (TPSA) is 104 Å². The molecule has 1 aromatic carbocycles. The van der Waals surface area contributed by atoms with Gasteiger partial charge in [0.05, 0.1) is 33.3 Å². The number of hydrogen-bond acceptors (Lipinski definition) is 6. The highest BCUT2D eigenvalue weighted by molar-refractivity contribution is 5.90. The molecule has 27 heavy (non-hydrogen) atoms. The van der Waals surface area contributed by atoms with E-state index in [1.807, 2.05) is 0 Å². The normalized spacial score (nSPS) is 10.3. The number of carbonyl (C=O) groups excluding carboxylic acids is 1. The van der Waals surface area contributed by atoms with Crippen LogP contribution in [0.25, 0.3) is 0 Å². The van der Waals surface area contributed by atoms with Crippen molar-refractivity contribution in [2.75, 3.05) is 33.2 Å². The zero-order chi connectivity index (χ0) is 20.0. The van der Waals surface area contributed by atoms with Crippen molar-refractivity contribution in [3.63, 3.8) is 0 Å². The van der Waals surface area contributed by atoms with E-state index in [0.29, 0.717) is 40.7 Å². The van der Waals surface area contributed by atoms with Gasteiger partial charge in [0.2, 0.25) is 5.75 Å². The number of hydrogen-bond donors (Lipinski definition) is 2. The van der Waals surface area contributed by atoms with Crippen LogP contribution >= 0.6 is 0 Å². The number of ether oxygens (including phenoxy) is 3. The van der Waals surface area contributed by atoms with Gasteiger partial charge in [-0.25, -0.2) is 9.78 Å². The van der Waals surface area contributed by atoms with Crippen LogP contribution < -0.4 is 30.4 Å². The molecule has 0 fully saturated rings. The zero-order valence-corrected chi connectivity index (χ0v) is 16.1. The summed E-state index contributed by atoms with van der Waals surface area (Å²) in [5, 5.41) is 5.39. The molecule has 1 aromatic heterocycles. The summed E-state index contributed by atoms with van der Waals surface area (Å²) >= 11 is 0. The van der Waals surface area contributed by atoms with Crippen molar-refractivity contribution < 1.29 is 19.0 Å². The van der Waals surface area contributed by atoms with Crippen molar-refractivity contribution in [1.29, 1.82) is 0 Å². The van der Waals surface area contributed by atoms with Crippen LogP contribution in [0.2, 0.25) is 0 Å². The highest BCUT2D eigenvalue weighted by atomic mass is 16.5. The van der Waals surface area contributed by atoms with Gasteiger partial charge in [0, 0.05) is 36.5 Å². The molecule has 0 aliphatic rings. The van der Waals surface area contributed by atoms with E-state index in [0.717, 1.165) is 0 Å². The van der Waals surface area contributed by atoms with E-state index in [4.69, 9.17) is 14.2 Å². The molecule has 0 spiro atoms. The van der Waals surface area contributed by atoms with Gasteiger partial charge in [-0.3, -0.25) is 9.36 Å². The molecule has 146 valence electrons. The number of nitrogens with zero attached hydrogens (tertiary/aromatic N) is 2. The van der Waals surface area contributed by atoms with Gasteiger partial charge >= 0.3 is 6.03 Å². The summed E-state index contributed by atoms with van der Waals surface area (Å²) in [4.78, 5) is 28.4. The third-order valence-electron chi connectivity index (χ3n) is 4.08. The fourth-order valence-electron chi connectivity index (χ4n) is 2.45. The molecule has 0 aliphatic heterocycles. The summed E-state index contributed by atoms with van der Waals surface area (Å²) < 4.78 is 17.2. The van der Waals surface area contributed by atoms with Gasteiger partial charge in [0.15, 0.2) is 11.5 Å². The van der Waals surface area contributed by atoms with Crippen LogP contribution in [0, 0.1) is 13.8 Å². The number of methoxy groups -OCH3 is 3. The van der Waals surface area contributed by atoms with E-state index in [1.165, 1.54) is 32.2 Å². The van der Waals surface area contributed by atoms with Crippen LogP contribution in [0.4, 0.5) is 10.5 Å². The highest BCUT2D eigenvalue weighted by Gasteiger charge is 2.14. The molecule has 0 bridgehead atoms. The molecule has 0 saturated carbocycles. The minimum atomic E-state index is -0.422. The number of aryl methyl sites for hydroxylation is 1. The van der Waals surface area contributed by atoms with Crippen molar-refractivity contribution in [3.05, 3.63) is 40.1 Å². The van der Waals surface area contributed by atoms with Crippen molar-refractivity contribution >= 4 is 11.7 Å². The second-order valence-electron chi connectivity index (χ2n) is 5.75. The number of anilines is 1. The molecule has 0 unspecified atom stereocenters. The first kappa shape index (κ1) is 20.1. The van der Waals surface area contributed by atoms with E-state index in [2.05, 4.69) is 15.6 Å². The Hall–Kier alpha value is -3.23. The first-order chi connectivity index (χ1) is 12.9. The maximum Gasteiger partial charge on any atom is 0.319 e. The molecule has 0 saturated heterocycles. The molecule has 9 nitrogen and oxygen atoms in total. The Bertz CT molecular complexity index is 854. The monoisotopic (exact) mass is 376 g/mol. The molecule has 2 rings (SSSR count). The van der Waals surface area contributed by atoms with Crippen LogP contribution in [-0.2, 0) is 6.54 Å². The number of rotatable bonds is 7. The average molecular weight is 376 g/mol. The van der Waals surface area contributed by atoms with Gasteiger partial charge in [-0.15, -0.1) is 0 Å². The Balaban J connectivity index is 2.00. The lowest BCUT2D eigenvalue weighted by Crippen LogP contribution is -2.34. The predicted octanol–water partition coefficient (Wildman–Crippen LogP) is 1.71. The number of urea groups is 1. The predicted molar refractivity (Wildman–Crippen MR) is 101 cm³/mol. The van der Waals surface area contributed by atoms with Crippen molar-refractivity contribution in [3.8, 4) is 17.2 Å². The number of nitrogens with one attached hydrogen (secondary N) is 2. The quantitative estimate of drug-likeness (QED) is 0.762. The van der Waals surface area contributed by atoms with Crippen molar-refractivity contribution in [2.45, 2.75) is 20.4 Å². The smallest absolute Gasteiger partial charge is 0.319 e. The Morgan fingerprint density at radius 3 is 2.30 bits per heavy atom. The van der Waals surface area contributed by atoms with Crippen molar-refractivity contribution in [2.24, 2.45) is 0 Å². The summed E-state index contributed by atoms with van der Waals surface area (Å²) in [5.41, 5.74) is 1.66. The number of amides is 2. The lowest BCUT2D eigenvalue weighted by Gasteiger charge is -2.15. The lowest BCUT2D eigenvalue weighted by atomic mass is 10.2. The third-order valence-corrected chi connectivity index (χ3v) is 4.08. The molecule has 2 aromatic rings. The SMILES string of the molecule is COc1cc(NC(=O)NCCn2cnc(C)c(C)c2=O)cc(OC)c1OC. The number of aromatic nitrogens is 2. The van der Waals surface area contributed by atoms with E-state index in [9.17, 15) is 9.59 Å². The standard InChI is InChI=1S/C18H24N4O5/c1-11-12(2)20-10-22(17(11)23)7-6-19-18(24)21-13-8-14(25-3)16(27-5)15(9-13)26-4/h8-10H,6-7H2,1-5H3,(H2,19,21,24). The zero-order valence-electron chi connectivity index (χ0n) is 16.1. The molecule has 2 amide bonds. The lowest BCUT2D eigenvalue weighted by molar-refractivity contribution is 0.251. The molecule has 0 radical (unpaired) electrons. The Labute approximate surface area is 157 Å².